The first kappa shape index (κ1) is 12.4. The third kappa shape index (κ3) is 3.00. The lowest BCUT2D eigenvalue weighted by atomic mass is 10.3. The molecule has 1 heterocycles. The number of hydrogen-bond acceptors (Lipinski definition) is 3. The molecule has 0 aliphatic carbocycles. The predicted octanol–water partition coefficient (Wildman–Crippen LogP) is 4.49. The number of halogens is 3. The highest BCUT2D eigenvalue weighted by atomic mass is 35.5. The van der Waals surface area contributed by atoms with Gasteiger partial charge in [-0.2, -0.15) is 0 Å². The minimum atomic E-state index is 0.193. The fraction of sp³-hybridized carbons (Fsp3) is 0.0909. The maximum Gasteiger partial charge on any atom is 0.224 e. The highest BCUT2D eigenvalue weighted by molar-refractivity contribution is 6.42. The molecule has 0 atom stereocenters. The van der Waals surface area contributed by atoms with Gasteiger partial charge in [0.15, 0.2) is 0 Å². The van der Waals surface area contributed by atoms with E-state index in [-0.39, 0.29) is 5.28 Å². The van der Waals surface area contributed by atoms with E-state index in [4.69, 9.17) is 34.8 Å². The molecule has 0 saturated carbocycles. The smallest absolute Gasteiger partial charge is 0.224 e. The Bertz CT molecular complexity index is 558. The molecule has 0 saturated heterocycles. The van der Waals surface area contributed by atoms with E-state index in [9.17, 15) is 0 Å². The van der Waals surface area contributed by atoms with Crippen molar-refractivity contribution in [2.24, 2.45) is 0 Å². The first-order chi connectivity index (χ1) is 8.06. The van der Waals surface area contributed by atoms with Gasteiger partial charge in [0.25, 0.3) is 0 Å². The van der Waals surface area contributed by atoms with Crippen molar-refractivity contribution in [1.29, 1.82) is 0 Å². The Balaban J connectivity index is 2.31. The largest absolute Gasteiger partial charge is 0.340 e. The molecule has 0 aliphatic rings. The summed E-state index contributed by atoms with van der Waals surface area (Å²) in [4.78, 5) is 7.97. The van der Waals surface area contributed by atoms with Gasteiger partial charge in [-0.25, -0.2) is 9.97 Å². The van der Waals surface area contributed by atoms with Crippen LogP contribution >= 0.6 is 34.8 Å². The number of aromatic nitrogens is 2. The molecule has 0 radical (unpaired) electrons. The normalized spacial score (nSPS) is 10.4. The molecule has 0 bridgehead atoms. The summed E-state index contributed by atoms with van der Waals surface area (Å²) in [6.45, 7) is 1.89. The highest BCUT2D eigenvalue weighted by Crippen LogP contribution is 2.27. The Kier molecular flexibility index (Phi) is 3.72. The molecule has 3 nitrogen and oxygen atoms in total. The summed E-state index contributed by atoms with van der Waals surface area (Å²) in [5.41, 5.74) is 1.68. The quantitative estimate of drug-likeness (QED) is 0.827. The summed E-state index contributed by atoms with van der Waals surface area (Å²) in [7, 11) is 0. The van der Waals surface area contributed by atoms with E-state index in [0.29, 0.717) is 15.9 Å². The second kappa shape index (κ2) is 5.08. The van der Waals surface area contributed by atoms with Gasteiger partial charge in [0.2, 0.25) is 5.28 Å². The van der Waals surface area contributed by atoms with Crippen LogP contribution in [0.25, 0.3) is 0 Å². The van der Waals surface area contributed by atoms with Crippen LogP contribution in [0.3, 0.4) is 0 Å². The second-order valence-corrected chi connectivity index (χ2v) is 4.58. The van der Waals surface area contributed by atoms with E-state index in [1.165, 1.54) is 0 Å². The van der Waals surface area contributed by atoms with E-state index in [0.717, 1.165) is 11.3 Å². The fourth-order valence-corrected chi connectivity index (χ4v) is 1.69. The van der Waals surface area contributed by atoms with Gasteiger partial charge in [0.1, 0.15) is 5.82 Å². The molecule has 2 rings (SSSR count). The highest BCUT2D eigenvalue weighted by Gasteiger charge is 2.04. The molecule has 1 N–H and O–H groups in total. The molecule has 0 unspecified atom stereocenters. The number of rotatable bonds is 2. The summed E-state index contributed by atoms with van der Waals surface area (Å²) < 4.78 is 0. The SMILES string of the molecule is Cc1cnc(Cl)nc1Nc1ccc(Cl)c(Cl)c1. The summed E-state index contributed by atoms with van der Waals surface area (Å²) in [6, 6.07) is 5.24. The Hall–Kier alpha value is -1.03. The van der Waals surface area contributed by atoms with Crippen LogP contribution in [0.1, 0.15) is 5.56 Å². The molecular weight excluding hydrogens is 281 g/mol. The molecule has 1 aromatic heterocycles. The lowest BCUT2D eigenvalue weighted by molar-refractivity contribution is 1.13. The van der Waals surface area contributed by atoms with Crippen LogP contribution in [0.2, 0.25) is 15.3 Å². The minimum absolute atomic E-state index is 0.193. The van der Waals surface area contributed by atoms with Gasteiger partial charge in [0, 0.05) is 17.4 Å². The van der Waals surface area contributed by atoms with Crippen LogP contribution in [0.5, 0.6) is 0 Å². The van der Waals surface area contributed by atoms with E-state index in [1.807, 2.05) is 13.0 Å². The van der Waals surface area contributed by atoms with Crippen LogP contribution < -0.4 is 5.32 Å². The van der Waals surface area contributed by atoms with Gasteiger partial charge >= 0.3 is 0 Å². The van der Waals surface area contributed by atoms with E-state index < -0.39 is 0 Å². The van der Waals surface area contributed by atoms with Crippen LogP contribution in [0.15, 0.2) is 24.4 Å². The summed E-state index contributed by atoms with van der Waals surface area (Å²) in [5, 5.41) is 4.29. The van der Waals surface area contributed by atoms with Crippen molar-refractivity contribution in [1.82, 2.24) is 9.97 Å². The van der Waals surface area contributed by atoms with Crippen molar-refractivity contribution < 1.29 is 0 Å². The van der Waals surface area contributed by atoms with Crippen LogP contribution in [-0.4, -0.2) is 9.97 Å². The fourth-order valence-electron chi connectivity index (χ4n) is 1.26. The predicted molar refractivity (Wildman–Crippen MR) is 71.5 cm³/mol. The van der Waals surface area contributed by atoms with Gasteiger partial charge in [0.05, 0.1) is 10.0 Å². The third-order valence-corrected chi connectivity index (χ3v) is 3.05. The first-order valence-electron chi connectivity index (χ1n) is 4.77. The van der Waals surface area contributed by atoms with Crippen molar-refractivity contribution in [3.63, 3.8) is 0 Å². The van der Waals surface area contributed by atoms with Gasteiger partial charge in [-0.05, 0) is 36.7 Å². The molecule has 0 aliphatic heterocycles. The Morgan fingerprint density at radius 2 is 1.88 bits per heavy atom. The monoisotopic (exact) mass is 287 g/mol. The maximum absolute atomic E-state index is 5.92. The zero-order valence-electron chi connectivity index (χ0n) is 8.84. The Morgan fingerprint density at radius 1 is 1.12 bits per heavy atom. The number of benzene rings is 1. The van der Waals surface area contributed by atoms with Gasteiger partial charge in [-0.3, -0.25) is 0 Å². The van der Waals surface area contributed by atoms with Crippen molar-refractivity contribution >= 4 is 46.3 Å². The Labute approximate surface area is 114 Å². The molecule has 6 heteroatoms. The van der Waals surface area contributed by atoms with Crippen LogP contribution in [0, 0.1) is 6.92 Å². The maximum atomic E-state index is 5.92. The van der Waals surface area contributed by atoms with Gasteiger partial charge < -0.3 is 5.32 Å². The van der Waals surface area contributed by atoms with Crippen LogP contribution in [0.4, 0.5) is 11.5 Å². The molecule has 1 aromatic carbocycles. The molecule has 2 aromatic rings. The average Bonchev–Trinajstić information content (AvgIpc) is 2.29. The average molecular weight is 289 g/mol. The van der Waals surface area contributed by atoms with E-state index >= 15 is 0 Å². The van der Waals surface area contributed by atoms with Crippen LogP contribution in [-0.2, 0) is 0 Å². The molecule has 0 amide bonds. The molecule has 88 valence electrons. The van der Waals surface area contributed by atoms with Crippen molar-refractivity contribution in [2.75, 3.05) is 5.32 Å². The number of nitrogens with zero attached hydrogens (tertiary/aromatic N) is 2. The van der Waals surface area contributed by atoms with E-state index in [2.05, 4.69) is 15.3 Å². The number of aryl methyl sites for hydroxylation is 1. The van der Waals surface area contributed by atoms with Crippen molar-refractivity contribution in [3.8, 4) is 0 Å². The van der Waals surface area contributed by atoms with Gasteiger partial charge in [-0.15, -0.1) is 0 Å². The Morgan fingerprint density at radius 3 is 2.59 bits per heavy atom. The standard InChI is InChI=1S/C11H8Cl3N3/c1-6-5-15-11(14)17-10(6)16-7-2-3-8(12)9(13)4-7/h2-5H,1H3,(H,15,16,17). The summed E-state index contributed by atoms with van der Waals surface area (Å²) >= 11 is 17.5. The number of anilines is 2. The summed E-state index contributed by atoms with van der Waals surface area (Å²) in [5.74, 6) is 0.642. The lowest BCUT2D eigenvalue weighted by Gasteiger charge is -2.08. The molecule has 0 fully saturated rings. The van der Waals surface area contributed by atoms with Gasteiger partial charge in [-0.1, -0.05) is 23.2 Å². The lowest BCUT2D eigenvalue weighted by Crippen LogP contribution is -1.98. The van der Waals surface area contributed by atoms with Crippen molar-refractivity contribution in [3.05, 3.63) is 45.3 Å². The van der Waals surface area contributed by atoms with E-state index in [1.54, 1.807) is 18.3 Å². The first-order valence-corrected chi connectivity index (χ1v) is 5.91. The number of nitrogens with one attached hydrogen (secondary N) is 1. The third-order valence-electron chi connectivity index (χ3n) is 2.12. The number of hydrogen-bond donors (Lipinski definition) is 1. The second-order valence-electron chi connectivity index (χ2n) is 3.42. The minimum Gasteiger partial charge on any atom is -0.340 e. The molecule has 17 heavy (non-hydrogen) atoms. The zero-order valence-corrected chi connectivity index (χ0v) is 11.1. The molecule has 0 spiro atoms. The topological polar surface area (TPSA) is 37.8 Å². The van der Waals surface area contributed by atoms with Crippen molar-refractivity contribution in [2.45, 2.75) is 6.92 Å². The summed E-state index contributed by atoms with van der Waals surface area (Å²) in [6.07, 6.45) is 1.65. The molecular formula is C11H8Cl3N3. The zero-order chi connectivity index (χ0) is 12.4.